The van der Waals surface area contributed by atoms with Gasteiger partial charge in [0.1, 0.15) is 11.7 Å². The molecule has 2 N–H and O–H groups in total. The third-order valence-corrected chi connectivity index (χ3v) is 9.61. The number of benzene rings is 2. The summed E-state index contributed by atoms with van der Waals surface area (Å²) in [6.45, 7) is 7.41. The molecule has 0 aromatic heterocycles. The van der Waals surface area contributed by atoms with Crippen molar-refractivity contribution in [2.45, 2.75) is 76.2 Å². The average molecular weight is 476 g/mol. The summed E-state index contributed by atoms with van der Waals surface area (Å²) < 4.78 is 5.75. The van der Waals surface area contributed by atoms with Crippen molar-refractivity contribution in [3.05, 3.63) is 65.2 Å². The molecule has 2 heterocycles. The van der Waals surface area contributed by atoms with Crippen LogP contribution in [0.1, 0.15) is 75.0 Å². The van der Waals surface area contributed by atoms with Crippen molar-refractivity contribution >= 4 is 5.91 Å². The Labute approximate surface area is 211 Å². The lowest BCUT2D eigenvalue weighted by atomic mass is 9.63. The van der Waals surface area contributed by atoms with Gasteiger partial charge in [0.15, 0.2) is 0 Å². The molecule has 2 aliphatic heterocycles. The lowest BCUT2D eigenvalue weighted by Gasteiger charge is -2.46. The lowest BCUT2D eigenvalue weighted by molar-refractivity contribution is -0.640. The van der Waals surface area contributed by atoms with Crippen molar-refractivity contribution in [3.63, 3.8) is 0 Å². The SMILES string of the molecule is CCC(CC)[C@@H]1C[C@H](c2ccccc2)CCN1C(=O)[C@@H]1C[NH2+]C[C@]12CCCc1c(OC)cccc12. The monoisotopic (exact) mass is 475 g/mol. The zero-order valence-electron chi connectivity index (χ0n) is 21.8. The Bertz CT molecular complexity index is 1020. The van der Waals surface area contributed by atoms with Crippen molar-refractivity contribution in [2.75, 3.05) is 26.7 Å². The van der Waals surface area contributed by atoms with Crippen LogP contribution in [0.5, 0.6) is 5.75 Å². The maximum atomic E-state index is 14.5. The smallest absolute Gasteiger partial charge is 0.232 e. The Morgan fingerprint density at radius 1 is 1.14 bits per heavy atom. The number of hydrogen-bond acceptors (Lipinski definition) is 2. The molecule has 4 heteroatoms. The number of carbonyl (C=O) groups excluding carboxylic acids is 1. The molecule has 35 heavy (non-hydrogen) atoms. The predicted molar refractivity (Wildman–Crippen MR) is 141 cm³/mol. The molecule has 1 aliphatic carbocycles. The van der Waals surface area contributed by atoms with Gasteiger partial charge in [-0.15, -0.1) is 0 Å². The number of rotatable bonds is 6. The normalized spacial score (nSPS) is 28.3. The molecular weight excluding hydrogens is 432 g/mol. The first kappa shape index (κ1) is 24.4. The molecule has 3 aliphatic rings. The maximum Gasteiger partial charge on any atom is 0.232 e. The minimum atomic E-state index is -0.0615. The number of methoxy groups -OCH3 is 1. The molecule has 0 bridgehead atoms. The van der Waals surface area contributed by atoms with Crippen molar-refractivity contribution in [1.82, 2.24) is 4.90 Å². The van der Waals surface area contributed by atoms with Crippen LogP contribution >= 0.6 is 0 Å². The van der Waals surface area contributed by atoms with E-state index in [0.717, 1.165) is 70.3 Å². The van der Waals surface area contributed by atoms with Crippen molar-refractivity contribution in [1.29, 1.82) is 0 Å². The molecule has 4 atom stereocenters. The van der Waals surface area contributed by atoms with E-state index in [0.29, 0.717) is 23.8 Å². The number of nitrogens with zero attached hydrogens (tertiary/aromatic N) is 1. The fraction of sp³-hybridized carbons (Fsp3) is 0.581. The van der Waals surface area contributed by atoms with Gasteiger partial charge in [-0.3, -0.25) is 4.79 Å². The summed E-state index contributed by atoms with van der Waals surface area (Å²) in [6, 6.07) is 17.8. The highest BCUT2D eigenvalue weighted by Gasteiger charge is 2.55. The number of nitrogens with two attached hydrogens (primary N) is 1. The third-order valence-electron chi connectivity index (χ3n) is 9.61. The number of amides is 1. The molecule has 2 saturated heterocycles. The van der Waals surface area contributed by atoms with E-state index in [4.69, 9.17) is 4.74 Å². The van der Waals surface area contributed by atoms with E-state index in [2.05, 4.69) is 72.6 Å². The highest BCUT2D eigenvalue weighted by Crippen LogP contribution is 2.47. The van der Waals surface area contributed by atoms with Gasteiger partial charge in [0.2, 0.25) is 5.91 Å². The van der Waals surface area contributed by atoms with Crippen LogP contribution in [0, 0.1) is 11.8 Å². The molecule has 0 radical (unpaired) electrons. The molecule has 0 unspecified atom stereocenters. The van der Waals surface area contributed by atoms with Crippen molar-refractivity contribution in [3.8, 4) is 5.75 Å². The van der Waals surface area contributed by atoms with Gasteiger partial charge < -0.3 is 15.0 Å². The van der Waals surface area contributed by atoms with Gasteiger partial charge in [-0.2, -0.15) is 0 Å². The molecule has 2 aromatic carbocycles. The second kappa shape index (κ2) is 10.3. The Hall–Kier alpha value is -2.33. The molecule has 2 fully saturated rings. The van der Waals surface area contributed by atoms with Gasteiger partial charge in [-0.25, -0.2) is 0 Å². The standard InChI is InChI=1S/C31H42N2O2/c1-4-22(5-2)28-19-24(23-11-7-6-8-12-23)16-18-33(28)30(34)27-20-32-21-31(27)17-10-13-25-26(31)14-9-15-29(25)35-3/h6-9,11-12,14-15,22,24,27-28,32H,4-5,10,13,16-21H2,1-3H3/p+1/t24-,27+,28+,31+/m1/s1. The van der Waals surface area contributed by atoms with Crippen LogP contribution in [0.4, 0.5) is 0 Å². The van der Waals surface area contributed by atoms with E-state index in [9.17, 15) is 4.79 Å². The van der Waals surface area contributed by atoms with Crippen LogP contribution in [0.15, 0.2) is 48.5 Å². The minimum absolute atomic E-state index is 0.0544. The van der Waals surface area contributed by atoms with Crippen LogP contribution < -0.4 is 10.1 Å². The van der Waals surface area contributed by atoms with Crippen LogP contribution in [-0.2, 0) is 16.6 Å². The lowest BCUT2D eigenvalue weighted by Crippen LogP contribution is -2.82. The fourth-order valence-corrected chi connectivity index (χ4v) is 7.76. The van der Waals surface area contributed by atoms with Gasteiger partial charge in [0, 0.05) is 12.6 Å². The van der Waals surface area contributed by atoms with E-state index in [1.807, 2.05) is 0 Å². The molecular formula is C31H43N2O2+. The number of likely N-dealkylation sites (tertiary alicyclic amines) is 1. The van der Waals surface area contributed by atoms with Crippen LogP contribution in [0.2, 0.25) is 0 Å². The molecule has 1 amide bonds. The maximum absolute atomic E-state index is 14.5. The predicted octanol–water partition coefficient (Wildman–Crippen LogP) is 4.67. The first-order chi connectivity index (χ1) is 17.1. The third kappa shape index (κ3) is 4.28. The Morgan fingerprint density at radius 3 is 2.69 bits per heavy atom. The summed E-state index contributed by atoms with van der Waals surface area (Å²) in [5.41, 5.74) is 4.10. The van der Waals surface area contributed by atoms with Crippen molar-refractivity contribution < 1.29 is 14.8 Å². The number of piperidine rings is 1. The Morgan fingerprint density at radius 2 is 1.94 bits per heavy atom. The second-order valence-electron chi connectivity index (χ2n) is 11.1. The van der Waals surface area contributed by atoms with E-state index < -0.39 is 0 Å². The second-order valence-corrected chi connectivity index (χ2v) is 11.1. The van der Waals surface area contributed by atoms with Gasteiger partial charge in [0.05, 0.1) is 25.6 Å². The number of carbonyl (C=O) groups is 1. The summed E-state index contributed by atoms with van der Waals surface area (Å²) in [6.07, 6.45) is 7.73. The van der Waals surface area contributed by atoms with E-state index in [1.165, 1.54) is 16.7 Å². The van der Waals surface area contributed by atoms with E-state index >= 15 is 0 Å². The van der Waals surface area contributed by atoms with Crippen molar-refractivity contribution in [2.24, 2.45) is 11.8 Å². The average Bonchev–Trinajstić information content (AvgIpc) is 3.33. The number of ether oxygens (including phenoxy) is 1. The van der Waals surface area contributed by atoms with Gasteiger partial charge in [0.25, 0.3) is 0 Å². The minimum Gasteiger partial charge on any atom is -0.496 e. The summed E-state index contributed by atoms with van der Waals surface area (Å²) in [4.78, 5) is 16.8. The number of hydrogen-bond donors (Lipinski definition) is 1. The van der Waals surface area contributed by atoms with Gasteiger partial charge in [-0.1, -0.05) is 69.2 Å². The van der Waals surface area contributed by atoms with Gasteiger partial charge >= 0.3 is 0 Å². The Kier molecular flexibility index (Phi) is 7.20. The largest absolute Gasteiger partial charge is 0.496 e. The van der Waals surface area contributed by atoms with Crippen LogP contribution in [0.25, 0.3) is 0 Å². The number of quaternary nitrogens is 1. The van der Waals surface area contributed by atoms with E-state index in [1.54, 1.807) is 7.11 Å². The zero-order chi connectivity index (χ0) is 24.4. The molecule has 0 saturated carbocycles. The van der Waals surface area contributed by atoms with Crippen LogP contribution in [0.3, 0.4) is 0 Å². The summed E-state index contributed by atoms with van der Waals surface area (Å²) in [5.74, 6) is 2.58. The van der Waals surface area contributed by atoms with Gasteiger partial charge in [-0.05, 0) is 66.7 Å². The highest BCUT2D eigenvalue weighted by atomic mass is 16.5. The van der Waals surface area contributed by atoms with Crippen LogP contribution in [-0.4, -0.2) is 43.6 Å². The first-order valence-electron chi connectivity index (χ1n) is 14.0. The molecule has 2 aromatic rings. The Balaban J connectivity index is 1.46. The first-order valence-corrected chi connectivity index (χ1v) is 14.0. The molecule has 1 spiro atoms. The molecule has 4 nitrogen and oxygen atoms in total. The quantitative estimate of drug-likeness (QED) is 0.660. The summed E-state index contributed by atoms with van der Waals surface area (Å²) in [5, 5.41) is 2.40. The summed E-state index contributed by atoms with van der Waals surface area (Å²) in [7, 11) is 1.78. The fourth-order valence-electron chi connectivity index (χ4n) is 7.76. The zero-order valence-corrected chi connectivity index (χ0v) is 21.8. The topological polar surface area (TPSA) is 46.2 Å². The van der Waals surface area contributed by atoms with E-state index in [-0.39, 0.29) is 11.3 Å². The molecule has 5 rings (SSSR count). The highest BCUT2D eigenvalue weighted by molar-refractivity contribution is 5.82. The molecule has 188 valence electrons. The number of fused-ring (bicyclic) bond motifs is 2. The summed E-state index contributed by atoms with van der Waals surface area (Å²) >= 11 is 0.